The molecule has 2 aliphatic heterocycles. The van der Waals surface area contributed by atoms with Gasteiger partial charge >= 0.3 is 0 Å². The zero-order valence-electron chi connectivity index (χ0n) is 32.3. The minimum atomic E-state index is 0.147. The third kappa shape index (κ3) is 9.22. The van der Waals surface area contributed by atoms with Crippen molar-refractivity contribution in [2.45, 2.75) is 95.9 Å². The average molecular weight is 753 g/mol. The van der Waals surface area contributed by atoms with E-state index in [0.717, 1.165) is 155 Å². The SMILES string of the molecule is CC1(C)CC1C(=O)NC1CCC(Oc2cc(N3CCOCC3)cc3ncncc23)CC1.NC1CCC(Oc2cc(N3CCOCC3)cc3ncncc23)CC1. The van der Waals surface area contributed by atoms with Crippen LogP contribution in [0.4, 0.5) is 11.4 Å². The lowest BCUT2D eigenvalue weighted by atomic mass is 9.92. The van der Waals surface area contributed by atoms with Gasteiger partial charge in [-0.3, -0.25) is 4.79 Å². The standard InChI is InChI=1S/C24H32N4O3.C18H24N4O2/c1-24(2)13-20(24)23(29)27-16-3-5-18(6-4-16)31-22-12-17(28-7-9-30-10-8-28)11-21-19(22)14-25-15-26-21;19-13-1-3-15(4-2-13)24-18-10-14(22-5-7-23-8-6-22)9-17-16(18)11-20-12-21-17/h11-12,14-16,18,20H,3-10,13H2,1-2H3,(H,27,29);9-13,15H,1-8,19H2. The first-order valence-electron chi connectivity index (χ1n) is 20.3. The summed E-state index contributed by atoms with van der Waals surface area (Å²) in [6, 6.07) is 9.08. The van der Waals surface area contributed by atoms with Crippen LogP contribution in [-0.2, 0) is 14.3 Å². The van der Waals surface area contributed by atoms with Crippen LogP contribution in [-0.4, -0.2) is 103 Å². The number of carbonyl (C=O) groups is 1. The summed E-state index contributed by atoms with van der Waals surface area (Å²) in [6.07, 6.45) is 16.1. The zero-order valence-corrected chi connectivity index (χ0v) is 32.3. The smallest absolute Gasteiger partial charge is 0.223 e. The molecule has 2 aromatic carbocycles. The molecule has 3 aliphatic carbocycles. The molecular formula is C42H56N8O5. The summed E-state index contributed by atoms with van der Waals surface area (Å²) in [7, 11) is 0. The average Bonchev–Trinajstić information content (AvgIpc) is 3.88. The first-order chi connectivity index (χ1) is 26.8. The van der Waals surface area contributed by atoms with Crippen molar-refractivity contribution in [3.63, 3.8) is 0 Å². The second-order valence-electron chi connectivity index (χ2n) is 16.5. The Labute approximate surface area is 323 Å². The summed E-state index contributed by atoms with van der Waals surface area (Å²) in [5.41, 5.74) is 10.3. The molecule has 0 spiro atoms. The van der Waals surface area contributed by atoms with E-state index in [1.807, 2.05) is 12.4 Å². The first kappa shape index (κ1) is 37.6. The maximum Gasteiger partial charge on any atom is 0.223 e. The van der Waals surface area contributed by atoms with Crippen LogP contribution in [0.1, 0.15) is 71.6 Å². The second kappa shape index (κ2) is 16.8. The fraction of sp³-hybridized carbons (Fsp3) is 0.595. The summed E-state index contributed by atoms with van der Waals surface area (Å²) in [6.45, 7) is 10.9. The molecule has 5 aliphatic rings. The Kier molecular flexibility index (Phi) is 11.5. The molecule has 55 heavy (non-hydrogen) atoms. The molecule has 13 heteroatoms. The van der Waals surface area contributed by atoms with Gasteiger partial charge in [-0.25, -0.2) is 19.9 Å². The van der Waals surface area contributed by atoms with Gasteiger partial charge in [-0.15, -0.1) is 0 Å². The summed E-state index contributed by atoms with van der Waals surface area (Å²) >= 11 is 0. The summed E-state index contributed by atoms with van der Waals surface area (Å²) < 4.78 is 23.8. The van der Waals surface area contributed by atoms with Crippen molar-refractivity contribution < 1.29 is 23.7 Å². The number of anilines is 2. The van der Waals surface area contributed by atoms with Crippen LogP contribution in [0, 0.1) is 11.3 Å². The Bertz CT molecular complexity index is 1920. The van der Waals surface area contributed by atoms with E-state index in [9.17, 15) is 4.79 Å². The normalized spacial score (nSPS) is 26.5. The molecule has 0 bridgehead atoms. The van der Waals surface area contributed by atoms with Crippen LogP contribution in [0.2, 0.25) is 0 Å². The lowest BCUT2D eigenvalue weighted by molar-refractivity contribution is -0.124. The molecule has 3 saturated carbocycles. The monoisotopic (exact) mass is 752 g/mol. The molecular weight excluding hydrogens is 697 g/mol. The van der Waals surface area contributed by atoms with Gasteiger partial charge < -0.3 is 39.8 Å². The molecule has 9 rings (SSSR count). The number of rotatable bonds is 8. The van der Waals surface area contributed by atoms with Crippen LogP contribution in [0.25, 0.3) is 21.8 Å². The quantitative estimate of drug-likeness (QED) is 0.236. The highest BCUT2D eigenvalue weighted by atomic mass is 16.5. The Morgan fingerprint density at radius 3 is 1.64 bits per heavy atom. The Morgan fingerprint density at radius 1 is 0.727 bits per heavy atom. The highest BCUT2D eigenvalue weighted by Crippen LogP contribution is 2.51. The number of nitrogens with two attached hydrogens (primary N) is 1. The van der Waals surface area contributed by atoms with Crippen LogP contribution < -0.4 is 30.3 Å². The van der Waals surface area contributed by atoms with Crippen molar-refractivity contribution in [1.82, 2.24) is 25.3 Å². The number of amides is 1. The number of nitrogens with one attached hydrogen (secondary N) is 1. The highest BCUT2D eigenvalue weighted by Gasteiger charge is 2.50. The third-order valence-electron chi connectivity index (χ3n) is 12.1. The molecule has 294 valence electrons. The van der Waals surface area contributed by atoms with Crippen LogP contribution in [0.5, 0.6) is 11.5 Å². The second-order valence-corrected chi connectivity index (χ2v) is 16.5. The van der Waals surface area contributed by atoms with Crippen molar-refractivity contribution in [1.29, 1.82) is 0 Å². The molecule has 1 atom stereocenters. The van der Waals surface area contributed by atoms with E-state index >= 15 is 0 Å². The van der Waals surface area contributed by atoms with Crippen molar-refractivity contribution >= 4 is 39.1 Å². The van der Waals surface area contributed by atoms with Crippen LogP contribution in [0.15, 0.2) is 49.3 Å². The molecule has 5 fully saturated rings. The number of hydrogen-bond donors (Lipinski definition) is 2. The first-order valence-corrected chi connectivity index (χ1v) is 20.3. The van der Waals surface area contributed by atoms with Gasteiger partial charge in [0, 0.05) is 80.1 Å². The van der Waals surface area contributed by atoms with E-state index in [1.165, 1.54) is 0 Å². The van der Waals surface area contributed by atoms with Gasteiger partial charge in [-0.1, -0.05) is 13.8 Å². The van der Waals surface area contributed by atoms with Crippen molar-refractivity contribution in [3.8, 4) is 11.5 Å². The molecule has 2 aromatic heterocycles. The maximum atomic E-state index is 12.4. The number of ether oxygens (including phenoxy) is 4. The number of carbonyl (C=O) groups excluding carboxylic acids is 1. The molecule has 1 amide bonds. The topological polar surface area (TPSA) is 150 Å². The van der Waals surface area contributed by atoms with E-state index < -0.39 is 0 Å². The van der Waals surface area contributed by atoms with Crippen LogP contribution in [0.3, 0.4) is 0 Å². The van der Waals surface area contributed by atoms with Gasteiger partial charge in [0.25, 0.3) is 0 Å². The van der Waals surface area contributed by atoms with E-state index in [1.54, 1.807) is 12.7 Å². The van der Waals surface area contributed by atoms with Gasteiger partial charge in [-0.05, 0) is 75.3 Å². The van der Waals surface area contributed by atoms with Crippen molar-refractivity contribution in [2.24, 2.45) is 17.1 Å². The van der Waals surface area contributed by atoms with Crippen molar-refractivity contribution in [2.75, 3.05) is 62.4 Å². The summed E-state index contributed by atoms with van der Waals surface area (Å²) in [4.78, 5) is 34.4. The molecule has 2 saturated heterocycles. The lowest BCUT2D eigenvalue weighted by Gasteiger charge is -2.31. The molecule has 1 unspecified atom stereocenters. The van der Waals surface area contributed by atoms with E-state index in [-0.39, 0.29) is 35.5 Å². The third-order valence-corrected chi connectivity index (χ3v) is 12.1. The Hall–Kier alpha value is -4.33. The van der Waals surface area contributed by atoms with E-state index in [0.29, 0.717) is 6.04 Å². The lowest BCUT2D eigenvalue weighted by Crippen LogP contribution is -2.41. The van der Waals surface area contributed by atoms with Gasteiger partial charge in [0.1, 0.15) is 24.2 Å². The van der Waals surface area contributed by atoms with E-state index in [4.69, 9.17) is 24.7 Å². The zero-order chi connectivity index (χ0) is 37.8. The molecule has 3 N–H and O–H groups in total. The Balaban J connectivity index is 0.000000160. The largest absolute Gasteiger partial charge is 0.490 e. The predicted octanol–water partition coefficient (Wildman–Crippen LogP) is 5.43. The number of hydrogen-bond acceptors (Lipinski definition) is 12. The predicted molar refractivity (Wildman–Crippen MR) is 213 cm³/mol. The highest BCUT2D eigenvalue weighted by molar-refractivity contribution is 5.89. The molecule has 4 aromatic rings. The summed E-state index contributed by atoms with van der Waals surface area (Å²) in [5.74, 6) is 2.16. The summed E-state index contributed by atoms with van der Waals surface area (Å²) in [5, 5.41) is 5.20. The Morgan fingerprint density at radius 2 is 1.18 bits per heavy atom. The molecule has 0 radical (unpaired) electrons. The number of nitrogens with zero attached hydrogens (tertiary/aromatic N) is 6. The van der Waals surface area contributed by atoms with Gasteiger partial charge in [0.2, 0.25) is 5.91 Å². The van der Waals surface area contributed by atoms with E-state index in [2.05, 4.69) is 73.2 Å². The number of aromatic nitrogens is 4. The fourth-order valence-corrected chi connectivity index (χ4v) is 8.39. The minimum absolute atomic E-state index is 0.147. The number of morpholine rings is 2. The fourth-order valence-electron chi connectivity index (χ4n) is 8.39. The number of fused-ring (bicyclic) bond motifs is 2. The molecule has 4 heterocycles. The number of benzene rings is 2. The minimum Gasteiger partial charge on any atom is -0.490 e. The van der Waals surface area contributed by atoms with Gasteiger partial charge in [0.15, 0.2) is 0 Å². The molecule has 13 nitrogen and oxygen atoms in total. The van der Waals surface area contributed by atoms with Crippen molar-refractivity contribution in [3.05, 3.63) is 49.3 Å². The van der Waals surface area contributed by atoms with Gasteiger partial charge in [0.05, 0.1) is 60.4 Å². The van der Waals surface area contributed by atoms with Crippen LogP contribution >= 0.6 is 0 Å². The maximum absolute atomic E-state index is 12.4. The van der Waals surface area contributed by atoms with Gasteiger partial charge in [-0.2, -0.15) is 0 Å².